The van der Waals surface area contributed by atoms with Crippen LogP contribution >= 0.6 is 0 Å². The molecular formula is C18H22O. The fourth-order valence-electron chi connectivity index (χ4n) is 2.37. The Bertz CT molecular complexity index is 446. The molecule has 100 valence electrons. The Morgan fingerprint density at radius 1 is 0.789 bits per heavy atom. The summed E-state index contributed by atoms with van der Waals surface area (Å²) >= 11 is 0. The fraction of sp³-hybridized carbons (Fsp3) is 0.333. The van der Waals surface area contributed by atoms with Crippen molar-refractivity contribution in [3.63, 3.8) is 0 Å². The van der Waals surface area contributed by atoms with Crippen LogP contribution in [0.3, 0.4) is 0 Å². The molecule has 19 heavy (non-hydrogen) atoms. The smallest absolute Gasteiger partial charge is 0.0750 e. The molecule has 0 radical (unpaired) electrons. The predicted molar refractivity (Wildman–Crippen MR) is 80.1 cm³/mol. The van der Waals surface area contributed by atoms with Gasteiger partial charge in [0.05, 0.1) is 5.60 Å². The van der Waals surface area contributed by atoms with Crippen LogP contribution < -0.4 is 0 Å². The summed E-state index contributed by atoms with van der Waals surface area (Å²) in [6.45, 7) is 4.18. The van der Waals surface area contributed by atoms with Gasteiger partial charge in [0, 0.05) is 12.8 Å². The van der Waals surface area contributed by atoms with Crippen molar-refractivity contribution in [2.75, 3.05) is 0 Å². The summed E-state index contributed by atoms with van der Waals surface area (Å²) in [7, 11) is 0. The third kappa shape index (κ3) is 3.68. The third-order valence-corrected chi connectivity index (χ3v) is 3.78. The summed E-state index contributed by atoms with van der Waals surface area (Å²) < 4.78 is 0. The lowest BCUT2D eigenvalue weighted by Crippen LogP contribution is -2.39. The maximum atomic E-state index is 11.0. The molecule has 0 unspecified atom stereocenters. The highest BCUT2D eigenvalue weighted by atomic mass is 16.3. The van der Waals surface area contributed by atoms with Crippen molar-refractivity contribution in [3.8, 4) is 0 Å². The maximum Gasteiger partial charge on any atom is 0.0750 e. The summed E-state index contributed by atoms with van der Waals surface area (Å²) in [5.41, 5.74) is 1.69. The Labute approximate surface area is 115 Å². The van der Waals surface area contributed by atoms with Gasteiger partial charge in [0.25, 0.3) is 0 Å². The van der Waals surface area contributed by atoms with Gasteiger partial charge in [-0.15, -0.1) is 0 Å². The minimum atomic E-state index is -0.692. The lowest BCUT2D eigenvalue weighted by molar-refractivity contribution is -0.00442. The predicted octanol–water partition coefficient (Wildman–Crippen LogP) is 3.86. The van der Waals surface area contributed by atoms with E-state index in [0.717, 1.165) is 0 Å². The number of hydrogen-bond acceptors (Lipinski definition) is 1. The van der Waals surface area contributed by atoms with Gasteiger partial charge in [-0.3, -0.25) is 0 Å². The van der Waals surface area contributed by atoms with Gasteiger partial charge in [0.2, 0.25) is 0 Å². The molecule has 0 aromatic heterocycles. The van der Waals surface area contributed by atoms with Crippen LogP contribution in [0, 0.1) is 5.92 Å². The molecule has 0 amide bonds. The molecule has 2 aromatic carbocycles. The van der Waals surface area contributed by atoms with E-state index in [9.17, 15) is 5.11 Å². The van der Waals surface area contributed by atoms with E-state index in [1.54, 1.807) is 0 Å². The molecule has 0 heterocycles. The van der Waals surface area contributed by atoms with Crippen LogP contribution in [-0.4, -0.2) is 10.7 Å². The Kier molecular flexibility index (Phi) is 4.39. The van der Waals surface area contributed by atoms with E-state index in [1.807, 2.05) is 36.4 Å². The largest absolute Gasteiger partial charge is 0.389 e. The monoisotopic (exact) mass is 254 g/mol. The van der Waals surface area contributed by atoms with Gasteiger partial charge < -0.3 is 5.11 Å². The highest BCUT2D eigenvalue weighted by molar-refractivity contribution is 5.21. The molecule has 2 aromatic rings. The zero-order valence-corrected chi connectivity index (χ0v) is 11.7. The molecular weight excluding hydrogens is 232 g/mol. The number of aliphatic hydroxyl groups is 1. The molecule has 0 bridgehead atoms. The third-order valence-electron chi connectivity index (χ3n) is 3.78. The van der Waals surface area contributed by atoms with Gasteiger partial charge in [-0.2, -0.15) is 0 Å². The lowest BCUT2D eigenvalue weighted by Gasteiger charge is -2.32. The van der Waals surface area contributed by atoms with Crippen molar-refractivity contribution in [3.05, 3.63) is 71.8 Å². The van der Waals surface area contributed by atoms with Gasteiger partial charge in [-0.1, -0.05) is 74.5 Å². The topological polar surface area (TPSA) is 20.2 Å². The fourth-order valence-corrected chi connectivity index (χ4v) is 2.37. The van der Waals surface area contributed by atoms with Crippen LogP contribution in [0.25, 0.3) is 0 Å². The van der Waals surface area contributed by atoms with E-state index < -0.39 is 5.60 Å². The van der Waals surface area contributed by atoms with E-state index in [2.05, 4.69) is 38.1 Å². The summed E-state index contributed by atoms with van der Waals surface area (Å²) in [5, 5.41) is 11.0. The molecule has 1 heteroatoms. The number of benzene rings is 2. The Hall–Kier alpha value is -1.60. The second-order valence-electron chi connectivity index (χ2n) is 5.58. The van der Waals surface area contributed by atoms with Gasteiger partial charge in [0.15, 0.2) is 0 Å². The Morgan fingerprint density at radius 3 is 1.47 bits per heavy atom. The van der Waals surface area contributed by atoms with Crippen LogP contribution in [0.4, 0.5) is 0 Å². The Balaban J connectivity index is 2.18. The van der Waals surface area contributed by atoms with Crippen molar-refractivity contribution < 1.29 is 5.11 Å². The number of rotatable bonds is 5. The van der Waals surface area contributed by atoms with Crippen molar-refractivity contribution >= 4 is 0 Å². The highest BCUT2D eigenvalue weighted by Crippen LogP contribution is 2.26. The van der Waals surface area contributed by atoms with Crippen molar-refractivity contribution in [2.24, 2.45) is 5.92 Å². The van der Waals surface area contributed by atoms with Gasteiger partial charge in [-0.05, 0) is 17.0 Å². The zero-order chi connectivity index (χ0) is 13.7. The van der Waals surface area contributed by atoms with E-state index >= 15 is 0 Å². The molecule has 2 rings (SSSR count). The molecule has 0 aliphatic carbocycles. The molecule has 0 spiro atoms. The highest BCUT2D eigenvalue weighted by Gasteiger charge is 2.31. The summed E-state index contributed by atoms with van der Waals surface area (Å²) in [6, 6.07) is 20.5. The second-order valence-corrected chi connectivity index (χ2v) is 5.58. The summed E-state index contributed by atoms with van der Waals surface area (Å²) in [4.78, 5) is 0. The minimum Gasteiger partial charge on any atom is -0.389 e. The lowest BCUT2D eigenvalue weighted by atomic mass is 9.79. The first-order valence-electron chi connectivity index (χ1n) is 6.90. The summed E-state index contributed by atoms with van der Waals surface area (Å²) in [5.74, 6) is 0.216. The molecule has 0 fully saturated rings. The van der Waals surface area contributed by atoms with Crippen LogP contribution in [0.15, 0.2) is 60.7 Å². The van der Waals surface area contributed by atoms with Gasteiger partial charge >= 0.3 is 0 Å². The van der Waals surface area contributed by atoms with E-state index in [-0.39, 0.29) is 5.92 Å². The van der Waals surface area contributed by atoms with E-state index in [0.29, 0.717) is 12.8 Å². The molecule has 0 saturated heterocycles. The van der Waals surface area contributed by atoms with Crippen molar-refractivity contribution in [1.82, 2.24) is 0 Å². The first-order valence-corrected chi connectivity index (χ1v) is 6.90. The van der Waals surface area contributed by atoms with E-state index in [1.165, 1.54) is 11.1 Å². The molecule has 1 nitrogen and oxygen atoms in total. The molecule has 0 atom stereocenters. The van der Waals surface area contributed by atoms with Gasteiger partial charge in [-0.25, -0.2) is 0 Å². The van der Waals surface area contributed by atoms with Crippen LogP contribution in [0.5, 0.6) is 0 Å². The standard InChI is InChI=1S/C18H22O/c1-15(2)18(19,13-16-9-5-3-6-10-16)14-17-11-7-4-8-12-17/h3-12,15,19H,13-14H2,1-2H3. The average Bonchev–Trinajstić information content (AvgIpc) is 2.40. The average molecular weight is 254 g/mol. The number of hydrogen-bond donors (Lipinski definition) is 1. The first kappa shape index (κ1) is 13.8. The first-order chi connectivity index (χ1) is 9.10. The van der Waals surface area contributed by atoms with Crippen LogP contribution in [0.2, 0.25) is 0 Å². The maximum absolute atomic E-state index is 11.0. The summed E-state index contributed by atoms with van der Waals surface area (Å²) in [6.07, 6.45) is 1.39. The Morgan fingerprint density at radius 2 is 1.16 bits per heavy atom. The quantitative estimate of drug-likeness (QED) is 0.859. The molecule has 0 aliphatic heterocycles. The van der Waals surface area contributed by atoms with Crippen molar-refractivity contribution in [2.45, 2.75) is 32.3 Å². The SMILES string of the molecule is CC(C)C(O)(Cc1ccccc1)Cc1ccccc1. The molecule has 1 N–H and O–H groups in total. The van der Waals surface area contributed by atoms with Crippen LogP contribution in [-0.2, 0) is 12.8 Å². The molecule has 0 aliphatic rings. The molecule has 0 saturated carbocycles. The minimum absolute atomic E-state index is 0.216. The second kappa shape index (κ2) is 6.03. The van der Waals surface area contributed by atoms with Crippen LogP contribution in [0.1, 0.15) is 25.0 Å². The van der Waals surface area contributed by atoms with E-state index in [4.69, 9.17) is 0 Å². The van der Waals surface area contributed by atoms with Crippen molar-refractivity contribution in [1.29, 1.82) is 0 Å². The normalized spacial score (nSPS) is 11.8. The zero-order valence-electron chi connectivity index (χ0n) is 11.7. The van der Waals surface area contributed by atoms with Gasteiger partial charge in [0.1, 0.15) is 0 Å².